The van der Waals surface area contributed by atoms with Gasteiger partial charge in [0.25, 0.3) is 11.5 Å². The second kappa shape index (κ2) is 7.23. The zero-order valence-corrected chi connectivity index (χ0v) is 13.7. The number of aromatic nitrogens is 2. The summed E-state index contributed by atoms with van der Waals surface area (Å²) < 4.78 is 6.05. The molecule has 0 aliphatic heterocycles. The number of nitrogens with one attached hydrogen (secondary N) is 2. The number of halogens is 1. The van der Waals surface area contributed by atoms with Crippen molar-refractivity contribution in [1.82, 2.24) is 14.9 Å². The Labute approximate surface area is 146 Å². The highest BCUT2D eigenvalue weighted by Gasteiger charge is 2.15. The van der Waals surface area contributed by atoms with Gasteiger partial charge in [-0.05, 0) is 29.8 Å². The molecule has 25 heavy (non-hydrogen) atoms. The maximum Gasteiger partial charge on any atom is 0.328 e. The van der Waals surface area contributed by atoms with Crippen LogP contribution in [0.1, 0.15) is 21.7 Å². The zero-order chi connectivity index (χ0) is 17.8. The van der Waals surface area contributed by atoms with Crippen LogP contribution in [0.3, 0.4) is 0 Å². The van der Waals surface area contributed by atoms with E-state index in [2.05, 4.69) is 10.3 Å². The van der Waals surface area contributed by atoms with E-state index in [1.807, 2.05) is 0 Å². The molecule has 2 aromatic heterocycles. The average Bonchev–Trinajstić information content (AvgIpc) is 3.11. The van der Waals surface area contributed by atoms with Crippen molar-refractivity contribution in [2.24, 2.45) is 0 Å². The Bertz CT molecular complexity index is 988. The van der Waals surface area contributed by atoms with E-state index in [0.717, 1.165) is 16.3 Å². The Morgan fingerprint density at radius 2 is 1.96 bits per heavy atom. The van der Waals surface area contributed by atoms with Crippen LogP contribution in [0.5, 0.6) is 0 Å². The van der Waals surface area contributed by atoms with E-state index >= 15 is 0 Å². The van der Waals surface area contributed by atoms with Gasteiger partial charge in [0.2, 0.25) is 0 Å². The highest BCUT2D eigenvalue weighted by molar-refractivity contribution is 6.30. The second-order valence-corrected chi connectivity index (χ2v) is 5.72. The average molecular weight is 360 g/mol. The number of amides is 1. The van der Waals surface area contributed by atoms with Gasteiger partial charge in [-0.1, -0.05) is 23.7 Å². The molecule has 0 radical (unpaired) electrons. The van der Waals surface area contributed by atoms with Crippen molar-refractivity contribution in [3.8, 4) is 0 Å². The van der Waals surface area contributed by atoms with Crippen LogP contribution in [0.25, 0.3) is 0 Å². The lowest BCUT2D eigenvalue weighted by Crippen LogP contribution is -2.40. The first-order valence-electron chi connectivity index (χ1n) is 7.42. The van der Waals surface area contributed by atoms with E-state index in [0.29, 0.717) is 10.8 Å². The van der Waals surface area contributed by atoms with Crippen molar-refractivity contribution >= 4 is 17.5 Å². The smallest absolute Gasteiger partial charge is 0.328 e. The molecule has 1 aromatic carbocycles. The molecule has 7 nitrogen and oxygen atoms in total. The first kappa shape index (κ1) is 16.8. The monoisotopic (exact) mass is 359 g/mol. The van der Waals surface area contributed by atoms with E-state index in [1.165, 1.54) is 6.26 Å². The Hall–Kier alpha value is -3.06. The number of carbonyl (C=O) groups is 1. The van der Waals surface area contributed by atoms with Crippen LogP contribution < -0.4 is 16.6 Å². The van der Waals surface area contributed by atoms with Crippen LogP contribution in [0, 0.1) is 0 Å². The Kier molecular flexibility index (Phi) is 4.85. The second-order valence-electron chi connectivity index (χ2n) is 5.29. The summed E-state index contributed by atoms with van der Waals surface area (Å²) in [5, 5.41) is 3.23. The molecule has 0 saturated carbocycles. The summed E-state index contributed by atoms with van der Waals surface area (Å²) in [7, 11) is 0. The van der Waals surface area contributed by atoms with Gasteiger partial charge >= 0.3 is 5.69 Å². The summed E-state index contributed by atoms with van der Waals surface area (Å²) in [4.78, 5) is 39.0. The first-order chi connectivity index (χ1) is 12.0. The molecule has 3 aromatic rings. The van der Waals surface area contributed by atoms with Crippen molar-refractivity contribution < 1.29 is 9.21 Å². The maximum absolute atomic E-state index is 12.4. The standard InChI is InChI=1S/C17H14ClN3O4/c18-12-5-3-11(4-6-12)8-19-15(22)14-9-20-17(24)21(16(14)23)10-13-2-1-7-25-13/h1-7,9H,8,10H2,(H,19,22)(H,20,24). The van der Waals surface area contributed by atoms with Crippen LogP contribution in [-0.4, -0.2) is 15.5 Å². The predicted octanol–water partition coefficient (Wildman–Crippen LogP) is 1.76. The highest BCUT2D eigenvalue weighted by Crippen LogP contribution is 2.09. The van der Waals surface area contributed by atoms with Crippen LogP contribution in [-0.2, 0) is 13.1 Å². The molecule has 0 aliphatic carbocycles. The van der Waals surface area contributed by atoms with E-state index in [4.69, 9.17) is 16.0 Å². The summed E-state index contributed by atoms with van der Waals surface area (Å²) in [5.74, 6) is -0.143. The molecule has 2 N–H and O–H groups in total. The fourth-order valence-corrected chi connectivity index (χ4v) is 2.38. The van der Waals surface area contributed by atoms with Crippen molar-refractivity contribution in [1.29, 1.82) is 0 Å². The fraction of sp³-hybridized carbons (Fsp3) is 0.118. The normalized spacial score (nSPS) is 10.6. The quantitative estimate of drug-likeness (QED) is 0.725. The lowest BCUT2D eigenvalue weighted by atomic mass is 10.2. The van der Waals surface area contributed by atoms with Gasteiger partial charge in [0.05, 0.1) is 12.8 Å². The summed E-state index contributed by atoms with van der Waals surface area (Å²) in [5.41, 5.74) is -0.623. The minimum absolute atomic E-state index is 0.0561. The molecule has 0 bridgehead atoms. The number of aromatic amines is 1. The van der Waals surface area contributed by atoms with E-state index in [9.17, 15) is 14.4 Å². The summed E-state index contributed by atoms with van der Waals surface area (Å²) >= 11 is 5.81. The van der Waals surface area contributed by atoms with Gasteiger partial charge in [-0.25, -0.2) is 4.79 Å². The molecule has 2 heterocycles. The highest BCUT2D eigenvalue weighted by atomic mass is 35.5. The molecule has 0 fully saturated rings. The molecule has 0 aliphatic rings. The van der Waals surface area contributed by atoms with Gasteiger partial charge in [0, 0.05) is 17.8 Å². The SMILES string of the molecule is O=C(NCc1ccc(Cl)cc1)c1c[nH]c(=O)n(Cc2ccco2)c1=O. The van der Waals surface area contributed by atoms with Crippen LogP contribution in [0.4, 0.5) is 0 Å². The lowest BCUT2D eigenvalue weighted by molar-refractivity contribution is 0.0948. The number of nitrogens with zero attached hydrogens (tertiary/aromatic N) is 1. The molecule has 0 saturated heterocycles. The molecule has 0 unspecified atom stereocenters. The molecule has 128 valence electrons. The number of benzene rings is 1. The molecule has 1 amide bonds. The number of H-pyrrole nitrogens is 1. The first-order valence-corrected chi connectivity index (χ1v) is 7.80. The minimum atomic E-state index is -0.686. The Morgan fingerprint density at radius 3 is 2.64 bits per heavy atom. The maximum atomic E-state index is 12.4. The van der Waals surface area contributed by atoms with Crippen molar-refractivity contribution in [2.75, 3.05) is 0 Å². The molecule has 8 heteroatoms. The topological polar surface area (TPSA) is 97.1 Å². The number of rotatable bonds is 5. The Morgan fingerprint density at radius 1 is 1.20 bits per heavy atom. The molecule has 0 atom stereocenters. The van der Waals surface area contributed by atoms with Gasteiger partial charge < -0.3 is 14.7 Å². The lowest BCUT2D eigenvalue weighted by Gasteiger charge is -2.07. The van der Waals surface area contributed by atoms with Crippen molar-refractivity contribution in [2.45, 2.75) is 13.1 Å². The summed E-state index contributed by atoms with van der Waals surface area (Å²) in [6.07, 6.45) is 2.55. The van der Waals surface area contributed by atoms with Gasteiger partial charge in [-0.15, -0.1) is 0 Å². The third-order valence-corrected chi connectivity index (χ3v) is 3.82. The van der Waals surface area contributed by atoms with Crippen molar-refractivity contribution in [3.05, 3.63) is 91.6 Å². The minimum Gasteiger partial charge on any atom is -0.467 e. The van der Waals surface area contributed by atoms with Crippen molar-refractivity contribution in [3.63, 3.8) is 0 Å². The van der Waals surface area contributed by atoms with Gasteiger partial charge in [-0.2, -0.15) is 0 Å². The predicted molar refractivity (Wildman–Crippen MR) is 91.8 cm³/mol. The zero-order valence-electron chi connectivity index (χ0n) is 13.0. The largest absolute Gasteiger partial charge is 0.467 e. The molecular weight excluding hydrogens is 346 g/mol. The van der Waals surface area contributed by atoms with E-state index in [-0.39, 0.29) is 18.7 Å². The van der Waals surface area contributed by atoms with Gasteiger partial charge in [-0.3, -0.25) is 14.2 Å². The van der Waals surface area contributed by atoms with Gasteiger partial charge in [0.1, 0.15) is 11.3 Å². The Balaban J connectivity index is 1.79. The number of hydrogen-bond donors (Lipinski definition) is 2. The molecule has 0 spiro atoms. The van der Waals surface area contributed by atoms with Gasteiger partial charge in [0.15, 0.2) is 0 Å². The van der Waals surface area contributed by atoms with Crippen LogP contribution in [0.15, 0.2) is 62.9 Å². The third-order valence-electron chi connectivity index (χ3n) is 3.57. The van der Waals surface area contributed by atoms with Crippen LogP contribution in [0.2, 0.25) is 5.02 Å². The fourth-order valence-electron chi connectivity index (χ4n) is 2.26. The number of furan rings is 1. The molecular formula is C17H14ClN3O4. The molecule has 3 rings (SSSR count). The summed E-state index contributed by atoms with van der Waals surface area (Å²) in [6.45, 7) is 0.173. The summed E-state index contributed by atoms with van der Waals surface area (Å²) in [6, 6.07) is 10.2. The number of hydrogen-bond acceptors (Lipinski definition) is 4. The third kappa shape index (κ3) is 3.89. The number of carbonyl (C=O) groups excluding carboxylic acids is 1. The van der Waals surface area contributed by atoms with E-state index < -0.39 is 17.2 Å². The van der Waals surface area contributed by atoms with Crippen LogP contribution >= 0.6 is 11.6 Å². The van der Waals surface area contributed by atoms with E-state index in [1.54, 1.807) is 36.4 Å².